The number of nitrogens with two attached hydrogens (primary N) is 1. The summed E-state index contributed by atoms with van der Waals surface area (Å²) < 4.78 is 18.2. The van der Waals surface area contributed by atoms with E-state index in [1.54, 1.807) is 0 Å². The summed E-state index contributed by atoms with van der Waals surface area (Å²) in [5.41, 5.74) is 5.89. The molecule has 0 aliphatic carbocycles. The second kappa shape index (κ2) is 4.58. The number of nitriles is 1. The van der Waals surface area contributed by atoms with Gasteiger partial charge in [-0.05, 0) is 25.1 Å². The predicted octanol–water partition coefficient (Wildman–Crippen LogP) is 1.21. The molecule has 0 fully saturated rings. The molecule has 1 rings (SSSR count). The third-order valence-electron chi connectivity index (χ3n) is 1.94. The van der Waals surface area contributed by atoms with Gasteiger partial charge in [0.15, 0.2) is 0 Å². The number of hydrogen-bond donors (Lipinski definition) is 1. The van der Waals surface area contributed by atoms with Gasteiger partial charge in [0.2, 0.25) is 0 Å². The van der Waals surface area contributed by atoms with Crippen LogP contribution in [0.15, 0.2) is 12.1 Å². The van der Waals surface area contributed by atoms with Gasteiger partial charge in [-0.2, -0.15) is 5.26 Å². The minimum atomic E-state index is -0.409. The van der Waals surface area contributed by atoms with Crippen LogP contribution in [0.3, 0.4) is 0 Å². The normalized spacial score (nSPS) is 9.57. The first-order chi connectivity index (χ1) is 6.74. The summed E-state index contributed by atoms with van der Waals surface area (Å²) in [7, 11) is 1.44. The maximum atomic E-state index is 13.3. The van der Waals surface area contributed by atoms with Gasteiger partial charge in [-0.1, -0.05) is 0 Å². The Kier molecular flexibility index (Phi) is 3.43. The molecule has 4 heteroatoms. The maximum Gasteiger partial charge on any atom is 0.137 e. The molecule has 3 nitrogen and oxygen atoms in total. The lowest BCUT2D eigenvalue weighted by Gasteiger charge is -2.08. The lowest BCUT2D eigenvalue weighted by Crippen LogP contribution is -2.07. The topological polar surface area (TPSA) is 59.0 Å². The fourth-order valence-electron chi connectivity index (χ4n) is 1.28. The summed E-state index contributed by atoms with van der Waals surface area (Å²) in [6.45, 7) is 0.304. The van der Waals surface area contributed by atoms with Crippen LogP contribution in [-0.4, -0.2) is 13.7 Å². The third kappa shape index (κ3) is 1.83. The number of hydrogen-bond acceptors (Lipinski definition) is 3. The fraction of sp³-hybridized carbons (Fsp3) is 0.300. The predicted molar refractivity (Wildman–Crippen MR) is 50.4 cm³/mol. The van der Waals surface area contributed by atoms with Crippen LogP contribution in [0.1, 0.15) is 11.1 Å². The van der Waals surface area contributed by atoms with E-state index in [4.69, 9.17) is 15.7 Å². The molecule has 0 aliphatic heterocycles. The van der Waals surface area contributed by atoms with E-state index in [0.29, 0.717) is 24.3 Å². The number of rotatable bonds is 3. The Morgan fingerprint density at radius 2 is 2.29 bits per heavy atom. The number of benzene rings is 1. The Morgan fingerprint density at radius 1 is 1.57 bits per heavy atom. The van der Waals surface area contributed by atoms with Gasteiger partial charge >= 0.3 is 0 Å². The minimum absolute atomic E-state index is 0.234. The van der Waals surface area contributed by atoms with Crippen LogP contribution in [-0.2, 0) is 6.42 Å². The highest BCUT2D eigenvalue weighted by molar-refractivity contribution is 5.49. The van der Waals surface area contributed by atoms with E-state index >= 15 is 0 Å². The van der Waals surface area contributed by atoms with E-state index in [0.717, 1.165) is 0 Å². The van der Waals surface area contributed by atoms with Crippen molar-refractivity contribution in [3.8, 4) is 11.8 Å². The lowest BCUT2D eigenvalue weighted by molar-refractivity contribution is 0.411. The SMILES string of the molecule is COc1ccc(F)c(CCN)c1C#N. The molecule has 1 aromatic rings. The maximum absolute atomic E-state index is 13.3. The lowest BCUT2D eigenvalue weighted by atomic mass is 10.0. The van der Waals surface area contributed by atoms with Crippen molar-refractivity contribution in [2.24, 2.45) is 5.73 Å². The van der Waals surface area contributed by atoms with Crippen molar-refractivity contribution in [3.05, 3.63) is 29.1 Å². The molecule has 0 aliphatic rings. The standard InChI is InChI=1S/C10H11FN2O/c1-14-10-3-2-9(11)7(4-5-12)8(10)6-13/h2-3H,4-5,12H2,1H3. The molecule has 0 amide bonds. The van der Waals surface area contributed by atoms with Crippen molar-refractivity contribution >= 4 is 0 Å². The highest BCUT2D eigenvalue weighted by atomic mass is 19.1. The average Bonchev–Trinajstić information content (AvgIpc) is 2.21. The summed E-state index contributed by atoms with van der Waals surface area (Å²) >= 11 is 0. The quantitative estimate of drug-likeness (QED) is 0.786. The van der Waals surface area contributed by atoms with Crippen LogP contribution in [0.2, 0.25) is 0 Å². The van der Waals surface area contributed by atoms with Crippen molar-refractivity contribution in [2.75, 3.05) is 13.7 Å². The van der Waals surface area contributed by atoms with E-state index in [-0.39, 0.29) is 5.56 Å². The molecule has 1 aromatic carbocycles. The number of nitrogens with zero attached hydrogens (tertiary/aromatic N) is 1. The minimum Gasteiger partial charge on any atom is -0.495 e. The molecule has 0 bridgehead atoms. The smallest absolute Gasteiger partial charge is 0.137 e. The molecular weight excluding hydrogens is 183 g/mol. The van der Waals surface area contributed by atoms with Gasteiger partial charge in [0.25, 0.3) is 0 Å². The fourth-order valence-corrected chi connectivity index (χ4v) is 1.28. The van der Waals surface area contributed by atoms with Crippen molar-refractivity contribution in [3.63, 3.8) is 0 Å². The van der Waals surface area contributed by atoms with Crippen LogP contribution in [0.5, 0.6) is 5.75 Å². The summed E-state index contributed by atoms with van der Waals surface area (Å²) in [6.07, 6.45) is 0.339. The first kappa shape index (κ1) is 10.5. The van der Waals surface area contributed by atoms with E-state index < -0.39 is 5.82 Å². The highest BCUT2D eigenvalue weighted by Crippen LogP contribution is 2.24. The monoisotopic (exact) mass is 194 g/mol. The number of ether oxygens (including phenoxy) is 1. The summed E-state index contributed by atoms with van der Waals surface area (Å²) in [6, 6.07) is 4.64. The van der Waals surface area contributed by atoms with Gasteiger partial charge < -0.3 is 10.5 Å². The van der Waals surface area contributed by atoms with E-state index in [2.05, 4.69) is 0 Å². The second-order valence-corrected chi connectivity index (χ2v) is 2.75. The van der Waals surface area contributed by atoms with Crippen LogP contribution in [0.25, 0.3) is 0 Å². The molecule has 14 heavy (non-hydrogen) atoms. The Morgan fingerprint density at radius 3 is 2.79 bits per heavy atom. The Hall–Kier alpha value is -1.60. The van der Waals surface area contributed by atoms with Crippen LogP contribution in [0.4, 0.5) is 4.39 Å². The van der Waals surface area contributed by atoms with Gasteiger partial charge in [-0.25, -0.2) is 4.39 Å². The molecule has 0 saturated heterocycles. The third-order valence-corrected chi connectivity index (χ3v) is 1.94. The Balaban J connectivity index is 3.29. The zero-order valence-corrected chi connectivity index (χ0v) is 7.88. The summed E-state index contributed by atoms with van der Waals surface area (Å²) in [5, 5.41) is 8.84. The number of methoxy groups -OCH3 is 1. The molecule has 2 N–H and O–H groups in total. The van der Waals surface area contributed by atoms with Crippen molar-refractivity contribution in [1.29, 1.82) is 5.26 Å². The van der Waals surface area contributed by atoms with Gasteiger partial charge in [-0.15, -0.1) is 0 Å². The van der Waals surface area contributed by atoms with Crippen LogP contribution in [0, 0.1) is 17.1 Å². The largest absolute Gasteiger partial charge is 0.495 e. The summed E-state index contributed by atoms with van der Waals surface area (Å²) in [4.78, 5) is 0. The molecule has 0 radical (unpaired) electrons. The first-order valence-electron chi connectivity index (χ1n) is 4.20. The van der Waals surface area contributed by atoms with E-state index in [1.807, 2.05) is 6.07 Å². The van der Waals surface area contributed by atoms with Crippen molar-refractivity contribution in [1.82, 2.24) is 0 Å². The first-order valence-corrected chi connectivity index (χ1v) is 4.20. The van der Waals surface area contributed by atoms with Gasteiger partial charge in [-0.3, -0.25) is 0 Å². The Bertz CT molecular complexity index is 371. The number of halogens is 1. The highest BCUT2D eigenvalue weighted by Gasteiger charge is 2.12. The van der Waals surface area contributed by atoms with Crippen molar-refractivity contribution in [2.45, 2.75) is 6.42 Å². The molecular formula is C10H11FN2O. The molecule has 0 spiro atoms. The average molecular weight is 194 g/mol. The van der Waals surface area contributed by atoms with Gasteiger partial charge in [0, 0.05) is 5.56 Å². The zero-order valence-electron chi connectivity index (χ0n) is 7.88. The molecule has 0 saturated carbocycles. The van der Waals surface area contributed by atoms with Crippen molar-refractivity contribution < 1.29 is 9.13 Å². The van der Waals surface area contributed by atoms with Crippen LogP contribution < -0.4 is 10.5 Å². The second-order valence-electron chi connectivity index (χ2n) is 2.75. The van der Waals surface area contributed by atoms with E-state index in [1.165, 1.54) is 19.2 Å². The Labute approximate surface area is 81.9 Å². The molecule has 0 aromatic heterocycles. The molecule has 0 atom stereocenters. The molecule has 0 heterocycles. The van der Waals surface area contributed by atoms with Crippen LogP contribution >= 0.6 is 0 Å². The summed E-state index contributed by atoms with van der Waals surface area (Å²) in [5.74, 6) is -0.0230. The van der Waals surface area contributed by atoms with Gasteiger partial charge in [0.05, 0.1) is 7.11 Å². The van der Waals surface area contributed by atoms with Gasteiger partial charge in [0.1, 0.15) is 23.2 Å². The zero-order chi connectivity index (χ0) is 10.6. The van der Waals surface area contributed by atoms with E-state index in [9.17, 15) is 4.39 Å². The molecule has 0 unspecified atom stereocenters. The molecule has 74 valence electrons.